The van der Waals surface area contributed by atoms with Gasteiger partial charge in [0.25, 0.3) is 0 Å². The van der Waals surface area contributed by atoms with Crippen LogP contribution in [0.2, 0.25) is 0 Å². The maximum Gasteiger partial charge on any atom is 0.243 e. The Hall–Kier alpha value is -2.29. The number of nitrogens with one attached hydrogen (secondary N) is 1. The summed E-state index contributed by atoms with van der Waals surface area (Å²) in [5, 5.41) is 3.12. The summed E-state index contributed by atoms with van der Waals surface area (Å²) >= 11 is 0. The van der Waals surface area contributed by atoms with Crippen molar-refractivity contribution in [1.82, 2.24) is 19.5 Å². The van der Waals surface area contributed by atoms with Crippen molar-refractivity contribution in [2.24, 2.45) is 0 Å². The van der Waals surface area contributed by atoms with E-state index in [2.05, 4.69) is 10.3 Å². The van der Waals surface area contributed by atoms with Crippen molar-refractivity contribution in [2.45, 2.75) is 18.4 Å². The topological polar surface area (TPSA) is 82.6 Å². The zero-order valence-corrected chi connectivity index (χ0v) is 16.2. The normalized spacial score (nSPS) is 15.7. The molecule has 3 rings (SSSR count). The number of aromatic nitrogens is 1. The van der Waals surface area contributed by atoms with Crippen molar-refractivity contribution in [2.75, 3.05) is 32.7 Å². The molecule has 7 nitrogen and oxygen atoms in total. The summed E-state index contributed by atoms with van der Waals surface area (Å²) in [6, 6.07) is 10.6. The van der Waals surface area contributed by atoms with Gasteiger partial charge in [-0.3, -0.25) is 9.78 Å². The fourth-order valence-corrected chi connectivity index (χ4v) is 4.39. The zero-order chi connectivity index (χ0) is 19.3. The number of nitrogens with zero attached hydrogens (tertiary/aromatic N) is 3. The number of carbonyl (C=O) groups is 1. The molecule has 0 bridgehead atoms. The van der Waals surface area contributed by atoms with Gasteiger partial charge in [-0.25, -0.2) is 8.42 Å². The molecule has 1 aromatic heterocycles. The second kappa shape index (κ2) is 8.60. The van der Waals surface area contributed by atoms with Crippen LogP contribution in [0.4, 0.5) is 0 Å². The number of rotatable bonds is 6. The lowest BCUT2D eigenvalue weighted by Gasteiger charge is -2.34. The van der Waals surface area contributed by atoms with E-state index in [1.807, 2.05) is 19.1 Å². The molecule has 1 amide bonds. The molecule has 144 valence electrons. The molecule has 1 aliphatic rings. The Kier molecular flexibility index (Phi) is 6.20. The second-order valence-corrected chi connectivity index (χ2v) is 8.49. The Labute approximate surface area is 160 Å². The summed E-state index contributed by atoms with van der Waals surface area (Å²) in [5.74, 6) is -0.0172. The van der Waals surface area contributed by atoms with E-state index in [4.69, 9.17) is 0 Å². The van der Waals surface area contributed by atoms with E-state index < -0.39 is 10.0 Å². The number of hydrogen-bond donors (Lipinski definition) is 1. The van der Waals surface area contributed by atoms with Gasteiger partial charge in [-0.2, -0.15) is 4.31 Å². The first-order valence-electron chi connectivity index (χ1n) is 8.91. The summed E-state index contributed by atoms with van der Waals surface area (Å²) in [7, 11) is -3.51. The third-order valence-corrected chi connectivity index (χ3v) is 6.52. The number of amides is 1. The number of carbonyl (C=O) groups excluding carboxylic acids is 1. The van der Waals surface area contributed by atoms with E-state index in [0.29, 0.717) is 37.6 Å². The maximum atomic E-state index is 12.7. The SMILES string of the molecule is Cc1ccc(S(=O)(=O)N2CCN(C(=O)CNCc3ccncc3)CC2)cc1. The van der Waals surface area contributed by atoms with Gasteiger partial charge in [0.05, 0.1) is 11.4 Å². The molecular weight excluding hydrogens is 364 g/mol. The molecule has 1 fully saturated rings. The fraction of sp³-hybridized carbons (Fsp3) is 0.368. The van der Waals surface area contributed by atoms with Gasteiger partial charge in [-0.15, -0.1) is 0 Å². The zero-order valence-electron chi connectivity index (χ0n) is 15.3. The molecule has 0 saturated carbocycles. The first-order chi connectivity index (χ1) is 13.0. The Morgan fingerprint density at radius 3 is 2.30 bits per heavy atom. The molecule has 0 radical (unpaired) electrons. The van der Waals surface area contributed by atoms with E-state index >= 15 is 0 Å². The van der Waals surface area contributed by atoms with Gasteiger partial charge in [0.15, 0.2) is 0 Å². The molecular formula is C19H24N4O3S. The molecule has 1 aromatic carbocycles. The van der Waals surface area contributed by atoms with Gasteiger partial charge in [-0.05, 0) is 36.8 Å². The molecule has 0 atom stereocenters. The van der Waals surface area contributed by atoms with Gasteiger partial charge in [0, 0.05) is 45.1 Å². The van der Waals surface area contributed by atoms with Crippen LogP contribution in [0.15, 0.2) is 53.7 Å². The van der Waals surface area contributed by atoms with E-state index in [1.54, 1.807) is 41.6 Å². The van der Waals surface area contributed by atoms with Crippen LogP contribution in [0.1, 0.15) is 11.1 Å². The van der Waals surface area contributed by atoms with Crippen LogP contribution in [-0.4, -0.2) is 61.2 Å². The number of benzene rings is 1. The minimum atomic E-state index is -3.51. The summed E-state index contributed by atoms with van der Waals surface area (Å²) < 4.78 is 26.9. The Balaban J connectivity index is 1.49. The molecule has 1 N–H and O–H groups in total. The van der Waals surface area contributed by atoms with Crippen LogP contribution < -0.4 is 5.32 Å². The lowest BCUT2D eigenvalue weighted by atomic mass is 10.2. The predicted octanol–water partition coefficient (Wildman–Crippen LogP) is 1.01. The summed E-state index contributed by atoms with van der Waals surface area (Å²) in [6.45, 7) is 4.17. The van der Waals surface area contributed by atoms with Crippen LogP contribution in [0.5, 0.6) is 0 Å². The minimum Gasteiger partial charge on any atom is -0.339 e. The van der Waals surface area contributed by atoms with Crippen LogP contribution in [0.3, 0.4) is 0 Å². The van der Waals surface area contributed by atoms with Gasteiger partial charge in [0.1, 0.15) is 0 Å². The standard InChI is InChI=1S/C19H24N4O3S/c1-16-2-4-18(5-3-16)27(25,26)23-12-10-22(11-13-23)19(24)15-21-14-17-6-8-20-9-7-17/h2-9,21H,10-15H2,1H3. The second-order valence-electron chi connectivity index (χ2n) is 6.56. The van der Waals surface area contributed by atoms with Crippen molar-refractivity contribution in [3.8, 4) is 0 Å². The number of sulfonamides is 1. The molecule has 8 heteroatoms. The van der Waals surface area contributed by atoms with Gasteiger partial charge in [-0.1, -0.05) is 17.7 Å². The molecule has 0 spiro atoms. The third kappa shape index (κ3) is 4.91. The molecule has 0 unspecified atom stereocenters. The Morgan fingerprint density at radius 2 is 1.67 bits per heavy atom. The molecule has 27 heavy (non-hydrogen) atoms. The van der Waals surface area contributed by atoms with E-state index in [1.165, 1.54) is 4.31 Å². The van der Waals surface area contributed by atoms with Gasteiger partial charge in [0.2, 0.25) is 15.9 Å². The minimum absolute atomic E-state index is 0.0172. The largest absolute Gasteiger partial charge is 0.339 e. The maximum absolute atomic E-state index is 12.7. The summed E-state index contributed by atoms with van der Waals surface area (Å²) in [6.07, 6.45) is 3.43. The smallest absolute Gasteiger partial charge is 0.243 e. The van der Waals surface area contributed by atoms with Crippen molar-refractivity contribution in [1.29, 1.82) is 0 Å². The van der Waals surface area contributed by atoms with Crippen LogP contribution in [0.25, 0.3) is 0 Å². The highest BCUT2D eigenvalue weighted by Gasteiger charge is 2.29. The molecule has 0 aliphatic carbocycles. The number of pyridine rings is 1. The van der Waals surface area contributed by atoms with Crippen LogP contribution >= 0.6 is 0 Å². The lowest BCUT2D eigenvalue weighted by molar-refractivity contribution is -0.131. The monoisotopic (exact) mass is 388 g/mol. The van der Waals surface area contributed by atoms with Crippen LogP contribution in [0, 0.1) is 6.92 Å². The molecule has 1 saturated heterocycles. The number of aryl methyl sites for hydroxylation is 1. The predicted molar refractivity (Wildman–Crippen MR) is 102 cm³/mol. The fourth-order valence-electron chi connectivity index (χ4n) is 2.96. The highest BCUT2D eigenvalue weighted by atomic mass is 32.2. The Morgan fingerprint density at radius 1 is 1.04 bits per heavy atom. The van der Waals surface area contributed by atoms with Crippen molar-refractivity contribution >= 4 is 15.9 Å². The van der Waals surface area contributed by atoms with Gasteiger partial charge >= 0.3 is 0 Å². The van der Waals surface area contributed by atoms with Crippen molar-refractivity contribution in [3.63, 3.8) is 0 Å². The van der Waals surface area contributed by atoms with E-state index in [9.17, 15) is 13.2 Å². The highest BCUT2D eigenvalue weighted by Crippen LogP contribution is 2.18. The van der Waals surface area contributed by atoms with E-state index in [0.717, 1.165) is 11.1 Å². The quantitative estimate of drug-likeness (QED) is 0.799. The average molecular weight is 388 g/mol. The van der Waals surface area contributed by atoms with Crippen LogP contribution in [-0.2, 0) is 21.4 Å². The molecule has 2 aromatic rings. The third-order valence-electron chi connectivity index (χ3n) is 4.60. The highest BCUT2D eigenvalue weighted by molar-refractivity contribution is 7.89. The average Bonchev–Trinajstić information content (AvgIpc) is 2.69. The number of piperazine rings is 1. The summed E-state index contributed by atoms with van der Waals surface area (Å²) in [4.78, 5) is 18.3. The summed E-state index contributed by atoms with van der Waals surface area (Å²) in [5.41, 5.74) is 2.08. The lowest BCUT2D eigenvalue weighted by Crippen LogP contribution is -2.52. The first-order valence-corrected chi connectivity index (χ1v) is 10.3. The number of hydrogen-bond acceptors (Lipinski definition) is 5. The Bertz CT molecular complexity index is 862. The van der Waals surface area contributed by atoms with Crippen molar-refractivity contribution in [3.05, 3.63) is 59.9 Å². The van der Waals surface area contributed by atoms with E-state index in [-0.39, 0.29) is 12.5 Å². The molecule has 1 aliphatic heterocycles. The van der Waals surface area contributed by atoms with Gasteiger partial charge < -0.3 is 10.2 Å². The molecule has 2 heterocycles. The first kappa shape index (κ1) is 19.5. The van der Waals surface area contributed by atoms with Crippen molar-refractivity contribution < 1.29 is 13.2 Å².